The highest BCUT2D eigenvalue weighted by atomic mass is 16.2. The van der Waals surface area contributed by atoms with Crippen molar-refractivity contribution in [3.63, 3.8) is 0 Å². The molecule has 1 N–H and O–H groups in total. The number of carbonyl (C=O) groups excluding carboxylic acids is 3. The van der Waals surface area contributed by atoms with Crippen LogP contribution in [0, 0.1) is 5.92 Å². The van der Waals surface area contributed by atoms with Gasteiger partial charge in [-0.2, -0.15) is 0 Å². The van der Waals surface area contributed by atoms with Gasteiger partial charge in [-0.05, 0) is 61.4 Å². The summed E-state index contributed by atoms with van der Waals surface area (Å²) < 4.78 is 2.12. The number of imidazole rings is 1. The van der Waals surface area contributed by atoms with E-state index in [1.54, 1.807) is 4.90 Å². The van der Waals surface area contributed by atoms with E-state index < -0.39 is 11.9 Å². The van der Waals surface area contributed by atoms with Crippen molar-refractivity contribution in [2.45, 2.75) is 44.7 Å². The van der Waals surface area contributed by atoms with Crippen LogP contribution in [-0.4, -0.2) is 38.2 Å². The molecule has 33 heavy (non-hydrogen) atoms. The number of nitrogens with zero attached hydrogens (tertiary/aromatic N) is 3. The zero-order chi connectivity index (χ0) is 22.5. The Labute approximate surface area is 191 Å². The molecule has 1 saturated heterocycles. The van der Waals surface area contributed by atoms with Crippen LogP contribution >= 0.6 is 0 Å². The third-order valence-corrected chi connectivity index (χ3v) is 6.77. The van der Waals surface area contributed by atoms with Gasteiger partial charge >= 0.3 is 0 Å². The smallest absolute Gasteiger partial charge is 0.255 e. The molecule has 1 atom stereocenters. The molecule has 6 rings (SSSR count). The van der Waals surface area contributed by atoms with E-state index in [1.807, 2.05) is 36.4 Å². The average molecular weight is 441 g/mol. The number of hydrogen-bond donors (Lipinski definition) is 1. The van der Waals surface area contributed by atoms with Crippen molar-refractivity contribution < 1.29 is 14.4 Å². The highest BCUT2D eigenvalue weighted by molar-refractivity contribution is 6.05. The van der Waals surface area contributed by atoms with E-state index in [4.69, 9.17) is 4.98 Å². The highest BCUT2D eigenvalue weighted by Gasteiger charge is 2.39. The number of aromatic nitrogens is 2. The molecule has 1 aliphatic carbocycles. The van der Waals surface area contributed by atoms with Gasteiger partial charge < -0.3 is 4.90 Å². The van der Waals surface area contributed by atoms with Crippen LogP contribution in [0.4, 0.5) is 0 Å². The molecule has 3 heterocycles. The maximum absolute atomic E-state index is 13.0. The second kappa shape index (κ2) is 7.69. The van der Waals surface area contributed by atoms with E-state index in [2.05, 4.69) is 28.2 Å². The zero-order valence-electron chi connectivity index (χ0n) is 18.2. The zero-order valence-corrected chi connectivity index (χ0v) is 18.2. The number of carbonyl (C=O) groups is 3. The van der Waals surface area contributed by atoms with Crippen LogP contribution in [0.3, 0.4) is 0 Å². The Kier molecular flexibility index (Phi) is 4.64. The van der Waals surface area contributed by atoms with Crippen molar-refractivity contribution in [1.29, 1.82) is 0 Å². The summed E-state index contributed by atoms with van der Waals surface area (Å²) >= 11 is 0. The Bertz CT molecular complexity index is 1280. The molecule has 1 aromatic heterocycles. The molecule has 1 unspecified atom stereocenters. The molecular formula is C26H24N4O3. The Hall–Kier alpha value is -3.74. The second-order valence-electron chi connectivity index (χ2n) is 9.18. The lowest BCUT2D eigenvalue weighted by molar-refractivity contribution is -0.136. The number of benzene rings is 2. The van der Waals surface area contributed by atoms with Gasteiger partial charge in [0.25, 0.3) is 5.91 Å². The van der Waals surface area contributed by atoms with Crippen molar-refractivity contribution in [2.75, 3.05) is 0 Å². The molecule has 3 aromatic rings. The highest BCUT2D eigenvalue weighted by Crippen LogP contribution is 2.35. The minimum atomic E-state index is -0.609. The van der Waals surface area contributed by atoms with Gasteiger partial charge in [0.05, 0.1) is 5.69 Å². The fraction of sp³-hybridized carbons (Fsp3) is 0.308. The number of hydrogen-bond acceptors (Lipinski definition) is 4. The topological polar surface area (TPSA) is 84.3 Å². The Morgan fingerprint density at radius 2 is 1.82 bits per heavy atom. The van der Waals surface area contributed by atoms with E-state index in [1.165, 1.54) is 12.8 Å². The van der Waals surface area contributed by atoms with Crippen molar-refractivity contribution >= 4 is 17.7 Å². The van der Waals surface area contributed by atoms with Crippen molar-refractivity contribution in [2.24, 2.45) is 5.92 Å². The van der Waals surface area contributed by atoms with Gasteiger partial charge in [-0.25, -0.2) is 4.98 Å². The van der Waals surface area contributed by atoms with Crippen molar-refractivity contribution in [3.05, 3.63) is 71.5 Å². The lowest BCUT2D eigenvalue weighted by Gasteiger charge is -2.29. The summed E-state index contributed by atoms with van der Waals surface area (Å²) in [5.41, 5.74) is 4.56. The first-order valence-corrected chi connectivity index (χ1v) is 11.5. The van der Waals surface area contributed by atoms with Crippen molar-refractivity contribution in [3.8, 4) is 17.1 Å². The number of rotatable bonds is 5. The molecule has 3 aliphatic rings. The average Bonchev–Trinajstić information content (AvgIpc) is 3.44. The van der Waals surface area contributed by atoms with Gasteiger partial charge in [-0.3, -0.25) is 24.3 Å². The first kappa shape index (κ1) is 19.9. The minimum absolute atomic E-state index is 0.160. The summed E-state index contributed by atoms with van der Waals surface area (Å²) in [7, 11) is 0. The molecule has 2 aliphatic heterocycles. The van der Waals surface area contributed by atoms with Crippen molar-refractivity contribution in [1.82, 2.24) is 19.8 Å². The molecular weight excluding hydrogens is 416 g/mol. The summed E-state index contributed by atoms with van der Waals surface area (Å²) in [6.45, 7) is 0.356. The van der Waals surface area contributed by atoms with Crippen LogP contribution in [0.25, 0.3) is 17.1 Å². The predicted molar refractivity (Wildman–Crippen MR) is 121 cm³/mol. The maximum Gasteiger partial charge on any atom is 0.255 e. The lowest BCUT2D eigenvalue weighted by atomic mass is 10.0. The number of amides is 3. The number of imide groups is 1. The first-order chi connectivity index (χ1) is 16.1. The van der Waals surface area contributed by atoms with Gasteiger partial charge in [0, 0.05) is 36.0 Å². The van der Waals surface area contributed by atoms with E-state index in [9.17, 15) is 14.4 Å². The summed E-state index contributed by atoms with van der Waals surface area (Å²) in [4.78, 5) is 43.4. The molecule has 7 nitrogen and oxygen atoms in total. The monoisotopic (exact) mass is 440 g/mol. The lowest BCUT2D eigenvalue weighted by Crippen LogP contribution is -2.52. The fourth-order valence-corrected chi connectivity index (χ4v) is 4.85. The quantitative estimate of drug-likeness (QED) is 0.618. The number of piperidine rings is 1. The minimum Gasteiger partial charge on any atom is -0.322 e. The maximum atomic E-state index is 13.0. The molecule has 1 saturated carbocycles. The Balaban J connectivity index is 1.34. The standard InChI is InChI=1S/C26H24N4O3/c31-23-11-10-22(25(32)28-23)30-14-18-13-17(8-9-21(18)26(30)33)24-27-19(12-16-6-7-16)15-29(24)20-4-2-1-3-5-20/h1-5,8-9,13,15-16,22H,6-7,10-12,14H2,(H,28,31,32). The molecule has 166 valence electrons. The SMILES string of the molecule is O=C1CCC(N2Cc3cc(-c4nc(CC5CC5)cn4-c4ccccc4)ccc3C2=O)C(=O)N1. The number of para-hydroxylation sites is 1. The third kappa shape index (κ3) is 3.63. The Morgan fingerprint density at radius 1 is 1.00 bits per heavy atom. The molecule has 7 heteroatoms. The Morgan fingerprint density at radius 3 is 2.58 bits per heavy atom. The fourth-order valence-electron chi connectivity index (χ4n) is 4.85. The van der Waals surface area contributed by atoms with Crippen LogP contribution < -0.4 is 5.32 Å². The van der Waals surface area contributed by atoms with Crippen LogP contribution in [0.5, 0.6) is 0 Å². The first-order valence-electron chi connectivity index (χ1n) is 11.5. The van der Waals surface area contributed by atoms with Gasteiger partial charge in [-0.15, -0.1) is 0 Å². The second-order valence-corrected chi connectivity index (χ2v) is 9.18. The molecule has 2 fully saturated rings. The largest absolute Gasteiger partial charge is 0.322 e. The molecule has 0 bridgehead atoms. The number of fused-ring (bicyclic) bond motifs is 1. The van der Waals surface area contributed by atoms with E-state index in [0.717, 1.165) is 40.7 Å². The van der Waals surface area contributed by atoms with Crippen LogP contribution in [0.15, 0.2) is 54.7 Å². The predicted octanol–water partition coefficient (Wildman–Crippen LogP) is 3.25. The van der Waals surface area contributed by atoms with Crippen LogP contribution in [0.1, 0.15) is 47.3 Å². The van der Waals surface area contributed by atoms with Gasteiger partial charge in [0.15, 0.2) is 0 Å². The van der Waals surface area contributed by atoms with E-state index in [0.29, 0.717) is 18.5 Å². The molecule has 0 spiro atoms. The van der Waals surface area contributed by atoms with Crippen LogP contribution in [0.2, 0.25) is 0 Å². The summed E-state index contributed by atoms with van der Waals surface area (Å²) in [6.07, 6.45) is 6.26. The van der Waals surface area contributed by atoms with E-state index >= 15 is 0 Å². The summed E-state index contributed by atoms with van der Waals surface area (Å²) in [6, 6.07) is 15.3. The third-order valence-electron chi connectivity index (χ3n) is 6.77. The molecule has 3 amide bonds. The van der Waals surface area contributed by atoms with Gasteiger partial charge in [-0.1, -0.05) is 24.3 Å². The normalized spacial score (nSPS) is 20.2. The summed E-state index contributed by atoms with van der Waals surface area (Å²) in [5.74, 6) is 0.754. The summed E-state index contributed by atoms with van der Waals surface area (Å²) in [5, 5.41) is 2.35. The van der Waals surface area contributed by atoms with Gasteiger partial charge in [0.1, 0.15) is 11.9 Å². The van der Waals surface area contributed by atoms with E-state index in [-0.39, 0.29) is 18.2 Å². The van der Waals surface area contributed by atoms with Crippen LogP contribution in [-0.2, 0) is 22.6 Å². The molecule has 2 aromatic carbocycles. The molecule has 0 radical (unpaired) electrons. The number of nitrogens with one attached hydrogen (secondary N) is 1. The van der Waals surface area contributed by atoms with Gasteiger partial charge in [0.2, 0.25) is 11.8 Å².